The summed E-state index contributed by atoms with van der Waals surface area (Å²) in [5, 5.41) is 0.560. The van der Waals surface area contributed by atoms with Crippen molar-refractivity contribution >= 4 is 11.0 Å². The van der Waals surface area contributed by atoms with Gasteiger partial charge in [0.1, 0.15) is 5.82 Å². The summed E-state index contributed by atoms with van der Waals surface area (Å²) in [4.78, 5) is 21.0. The molecule has 0 fully saturated rings. The van der Waals surface area contributed by atoms with Gasteiger partial charge in [0.2, 0.25) is 0 Å². The Morgan fingerprint density at radius 3 is 2.60 bits per heavy atom. The van der Waals surface area contributed by atoms with Crippen molar-refractivity contribution < 1.29 is 0 Å². The van der Waals surface area contributed by atoms with Crippen LogP contribution in [0.1, 0.15) is 17.0 Å². The van der Waals surface area contributed by atoms with Crippen LogP contribution in [0.3, 0.4) is 0 Å². The Bertz CT molecular complexity index is 819. The van der Waals surface area contributed by atoms with Crippen molar-refractivity contribution in [3.63, 3.8) is 0 Å². The van der Waals surface area contributed by atoms with E-state index in [0.717, 1.165) is 5.56 Å². The van der Waals surface area contributed by atoms with Crippen molar-refractivity contribution in [3.05, 3.63) is 69.9 Å². The topological polar surface area (TPSA) is 47.8 Å². The number of rotatable bonds is 2. The molecule has 3 aromatic rings. The molecule has 0 bridgehead atoms. The van der Waals surface area contributed by atoms with Crippen LogP contribution in [-0.2, 0) is 6.54 Å². The molecule has 0 aliphatic carbocycles. The Balaban J connectivity index is 2.11. The van der Waals surface area contributed by atoms with Crippen LogP contribution in [-0.4, -0.2) is 14.5 Å². The van der Waals surface area contributed by atoms with Crippen LogP contribution in [0.15, 0.2) is 47.4 Å². The van der Waals surface area contributed by atoms with Crippen molar-refractivity contribution in [2.24, 2.45) is 0 Å². The van der Waals surface area contributed by atoms with Gasteiger partial charge < -0.3 is 0 Å². The first-order valence-electron chi connectivity index (χ1n) is 6.53. The van der Waals surface area contributed by atoms with E-state index in [9.17, 15) is 4.79 Å². The van der Waals surface area contributed by atoms with Crippen LogP contribution in [0.5, 0.6) is 0 Å². The predicted octanol–water partition coefficient (Wildman–Crippen LogP) is 2.46. The van der Waals surface area contributed by atoms with Gasteiger partial charge in [0.15, 0.2) is 5.65 Å². The van der Waals surface area contributed by atoms with Gasteiger partial charge in [0.25, 0.3) is 5.56 Å². The second-order valence-electron chi connectivity index (χ2n) is 4.91. The van der Waals surface area contributed by atoms with Crippen molar-refractivity contribution in [3.8, 4) is 0 Å². The normalized spacial score (nSPS) is 10.9. The van der Waals surface area contributed by atoms with E-state index < -0.39 is 0 Å². The smallest absolute Gasteiger partial charge is 0.263 e. The SMILES string of the molecule is Cc1ccc(Cn2c(C)nc3ncccc3c2=O)cc1. The van der Waals surface area contributed by atoms with Gasteiger partial charge in [-0.15, -0.1) is 0 Å². The van der Waals surface area contributed by atoms with E-state index in [-0.39, 0.29) is 5.56 Å². The fourth-order valence-electron chi connectivity index (χ4n) is 2.22. The summed E-state index contributed by atoms with van der Waals surface area (Å²) < 4.78 is 1.69. The number of pyridine rings is 1. The van der Waals surface area contributed by atoms with Crippen LogP contribution < -0.4 is 5.56 Å². The number of hydrogen-bond donors (Lipinski definition) is 0. The third-order valence-electron chi connectivity index (χ3n) is 3.38. The van der Waals surface area contributed by atoms with Gasteiger partial charge in [-0.25, -0.2) is 9.97 Å². The highest BCUT2D eigenvalue weighted by atomic mass is 16.1. The number of benzene rings is 1. The third kappa shape index (κ3) is 2.20. The number of hydrogen-bond acceptors (Lipinski definition) is 3. The van der Waals surface area contributed by atoms with Crippen molar-refractivity contribution in [2.45, 2.75) is 20.4 Å². The van der Waals surface area contributed by atoms with Gasteiger partial charge >= 0.3 is 0 Å². The maximum absolute atomic E-state index is 12.5. The Kier molecular flexibility index (Phi) is 3.06. The maximum Gasteiger partial charge on any atom is 0.263 e. The third-order valence-corrected chi connectivity index (χ3v) is 3.38. The second kappa shape index (κ2) is 4.89. The molecular weight excluding hydrogens is 250 g/mol. The minimum absolute atomic E-state index is 0.0406. The van der Waals surface area contributed by atoms with Gasteiger partial charge in [0.05, 0.1) is 11.9 Å². The molecule has 0 amide bonds. The van der Waals surface area contributed by atoms with Crippen LogP contribution in [0.4, 0.5) is 0 Å². The standard InChI is InChI=1S/C16H15N3O/c1-11-5-7-13(8-6-11)10-19-12(2)18-15-14(16(19)20)4-3-9-17-15/h3-9H,10H2,1-2H3. The summed E-state index contributed by atoms with van der Waals surface area (Å²) in [6.45, 7) is 4.41. The summed E-state index contributed by atoms with van der Waals surface area (Å²) in [5.41, 5.74) is 2.76. The molecule has 3 rings (SSSR count). The molecule has 100 valence electrons. The molecule has 0 saturated heterocycles. The van der Waals surface area contributed by atoms with E-state index in [1.807, 2.05) is 38.1 Å². The molecule has 0 atom stereocenters. The van der Waals surface area contributed by atoms with Crippen molar-refractivity contribution in [1.82, 2.24) is 14.5 Å². The first-order chi connectivity index (χ1) is 9.65. The fraction of sp³-hybridized carbons (Fsp3) is 0.188. The zero-order valence-corrected chi connectivity index (χ0v) is 11.5. The predicted molar refractivity (Wildman–Crippen MR) is 78.8 cm³/mol. The lowest BCUT2D eigenvalue weighted by Gasteiger charge is -2.10. The molecule has 0 spiro atoms. The highest BCUT2D eigenvalue weighted by molar-refractivity contribution is 5.72. The second-order valence-corrected chi connectivity index (χ2v) is 4.91. The van der Waals surface area contributed by atoms with E-state index in [4.69, 9.17) is 0 Å². The van der Waals surface area contributed by atoms with Crippen LogP contribution in [0.2, 0.25) is 0 Å². The number of aryl methyl sites for hydroxylation is 2. The monoisotopic (exact) mass is 265 g/mol. The summed E-state index contributed by atoms with van der Waals surface area (Å²) in [5.74, 6) is 0.682. The number of fused-ring (bicyclic) bond motifs is 1. The lowest BCUT2D eigenvalue weighted by molar-refractivity contribution is 0.711. The maximum atomic E-state index is 12.5. The molecule has 0 radical (unpaired) electrons. The van der Waals surface area contributed by atoms with Crippen LogP contribution in [0, 0.1) is 13.8 Å². The molecule has 20 heavy (non-hydrogen) atoms. The molecule has 0 saturated carbocycles. The van der Waals surface area contributed by atoms with Gasteiger partial charge in [-0.05, 0) is 31.5 Å². The Labute approximate surface area is 116 Å². The minimum Gasteiger partial charge on any atom is -0.292 e. The fourth-order valence-corrected chi connectivity index (χ4v) is 2.22. The molecule has 4 nitrogen and oxygen atoms in total. The van der Waals surface area contributed by atoms with E-state index in [1.165, 1.54) is 5.56 Å². The van der Waals surface area contributed by atoms with Gasteiger partial charge in [-0.1, -0.05) is 29.8 Å². The Hall–Kier alpha value is -2.49. The zero-order chi connectivity index (χ0) is 14.1. The lowest BCUT2D eigenvalue weighted by atomic mass is 10.1. The van der Waals surface area contributed by atoms with Gasteiger partial charge in [-0.3, -0.25) is 9.36 Å². The largest absolute Gasteiger partial charge is 0.292 e. The Morgan fingerprint density at radius 2 is 1.85 bits per heavy atom. The average molecular weight is 265 g/mol. The molecule has 0 aliphatic heterocycles. The molecule has 2 heterocycles. The summed E-state index contributed by atoms with van der Waals surface area (Å²) in [6.07, 6.45) is 1.65. The molecule has 0 N–H and O–H groups in total. The van der Waals surface area contributed by atoms with E-state index in [1.54, 1.807) is 22.9 Å². The quantitative estimate of drug-likeness (QED) is 0.715. The van der Waals surface area contributed by atoms with E-state index in [0.29, 0.717) is 23.4 Å². The zero-order valence-electron chi connectivity index (χ0n) is 11.5. The molecule has 0 unspecified atom stereocenters. The molecule has 2 aromatic heterocycles. The molecule has 4 heteroatoms. The summed E-state index contributed by atoms with van der Waals surface area (Å²) in [6, 6.07) is 11.7. The van der Waals surface area contributed by atoms with Gasteiger partial charge in [0, 0.05) is 6.20 Å². The van der Waals surface area contributed by atoms with E-state index >= 15 is 0 Å². The molecule has 0 aliphatic rings. The van der Waals surface area contributed by atoms with Crippen molar-refractivity contribution in [2.75, 3.05) is 0 Å². The van der Waals surface area contributed by atoms with Crippen LogP contribution >= 0.6 is 0 Å². The van der Waals surface area contributed by atoms with Gasteiger partial charge in [-0.2, -0.15) is 0 Å². The van der Waals surface area contributed by atoms with E-state index in [2.05, 4.69) is 9.97 Å². The summed E-state index contributed by atoms with van der Waals surface area (Å²) in [7, 11) is 0. The van der Waals surface area contributed by atoms with Crippen LogP contribution in [0.25, 0.3) is 11.0 Å². The van der Waals surface area contributed by atoms with Crippen molar-refractivity contribution in [1.29, 1.82) is 0 Å². The first-order valence-corrected chi connectivity index (χ1v) is 6.53. The average Bonchev–Trinajstić information content (AvgIpc) is 2.45. The minimum atomic E-state index is -0.0406. The highest BCUT2D eigenvalue weighted by Crippen LogP contribution is 2.08. The molecular formula is C16H15N3O. The number of aromatic nitrogens is 3. The Morgan fingerprint density at radius 1 is 1.10 bits per heavy atom. The summed E-state index contributed by atoms with van der Waals surface area (Å²) >= 11 is 0. The number of nitrogens with zero attached hydrogens (tertiary/aromatic N) is 3. The highest BCUT2D eigenvalue weighted by Gasteiger charge is 2.08. The first kappa shape index (κ1) is 12.5. The molecule has 1 aromatic carbocycles. The lowest BCUT2D eigenvalue weighted by Crippen LogP contribution is -2.24.